The van der Waals surface area contributed by atoms with E-state index >= 15 is 0 Å². The molecule has 4 rings (SSSR count). The highest BCUT2D eigenvalue weighted by Gasteiger charge is 2.59. The van der Waals surface area contributed by atoms with Gasteiger partial charge in [-0.1, -0.05) is 60.7 Å². The number of fused-ring (bicyclic) bond motifs is 1. The third-order valence-corrected chi connectivity index (χ3v) is 4.57. The van der Waals surface area contributed by atoms with E-state index in [4.69, 9.17) is 0 Å². The van der Waals surface area contributed by atoms with Gasteiger partial charge in [-0.2, -0.15) is 0 Å². The summed E-state index contributed by atoms with van der Waals surface area (Å²) in [7, 11) is 0. The van der Waals surface area contributed by atoms with Gasteiger partial charge in [-0.25, -0.2) is 0 Å². The van der Waals surface area contributed by atoms with Crippen LogP contribution in [0.2, 0.25) is 0 Å². The molecule has 0 spiro atoms. The van der Waals surface area contributed by atoms with Crippen molar-refractivity contribution in [3.8, 4) is 0 Å². The zero-order valence-electron chi connectivity index (χ0n) is 13.2. The fourth-order valence-corrected chi connectivity index (χ4v) is 3.38. The number of pyridine rings is 1. The number of benzene rings is 2. The number of carbonyl (C=O) groups is 3. The Morgan fingerprint density at radius 2 is 1.36 bits per heavy atom. The monoisotopic (exact) mass is 327 g/mol. The van der Waals surface area contributed by atoms with Gasteiger partial charge in [-0.15, -0.1) is 0 Å². The second kappa shape index (κ2) is 5.60. The smallest absolute Gasteiger partial charge is 0.189 e. The minimum atomic E-state index is -1.90. The van der Waals surface area contributed by atoms with Gasteiger partial charge in [0.15, 0.2) is 22.8 Å². The SMILES string of the molecule is O=C(c1ccccc1)C1(c2cccnc2)C(=O)c2ccccc2C1=O. The number of hydrogen-bond donors (Lipinski definition) is 0. The number of rotatable bonds is 3. The molecule has 1 aliphatic rings. The number of ketones is 3. The Labute approximate surface area is 144 Å². The van der Waals surface area contributed by atoms with Crippen LogP contribution in [0, 0.1) is 0 Å². The summed E-state index contributed by atoms with van der Waals surface area (Å²) in [6, 6.07) is 18.2. The first-order chi connectivity index (χ1) is 12.2. The minimum Gasteiger partial charge on any atom is -0.292 e. The van der Waals surface area contributed by atoms with Crippen LogP contribution in [0.15, 0.2) is 79.1 Å². The van der Waals surface area contributed by atoms with Crippen molar-refractivity contribution in [3.05, 3.63) is 101 Å². The molecule has 0 amide bonds. The lowest BCUT2D eigenvalue weighted by Gasteiger charge is -2.24. The normalized spacial score (nSPS) is 15.0. The predicted octanol–water partition coefficient (Wildman–Crippen LogP) is 3.28. The average molecular weight is 327 g/mol. The van der Waals surface area contributed by atoms with Gasteiger partial charge >= 0.3 is 0 Å². The summed E-state index contributed by atoms with van der Waals surface area (Å²) in [5.74, 6) is -1.50. The highest BCUT2D eigenvalue weighted by atomic mass is 16.2. The summed E-state index contributed by atoms with van der Waals surface area (Å²) in [5, 5.41) is 0. The zero-order chi connectivity index (χ0) is 17.4. The molecule has 0 saturated heterocycles. The molecule has 0 aliphatic heterocycles. The first kappa shape index (κ1) is 15.1. The maximum absolute atomic E-state index is 13.4. The Morgan fingerprint density at radius 1 is 0.760 bits per heavy atom. The fourth-order valence-electron chi connectivity index (χ4n) is 3.38. The van der Waals surface area contributed by atoms with Gasteiger partial charge in [0.2, 0.25) is 0 Å². The molecular weight excluding hydrogens is 314 g/mol. The lowest BCUT2D eigenvalue weighted by atomic mass is 9.71. The first-order valence-corrected chi connectivity index (χ1v) is 7.86. The van der Waals surface area contributed by atoms with Gasteiger partial charge in [0.25, 0.3) is 0 Å². The number of Topliss-reactive ketones (excluding diaryl/α,β-unsaturated/α-hetero) is 3. The largest absolute Gasteiger partial charge is 0.292 e. The van der Waals surface area contributed by atoms with E-state index in [2.05, 4.69) is 4.98 Å². The van der Waals surface area contributed by atoms with Crippen LogP contribution in [0.4, 0.5) is 0 Å². The Kier molecular flexibility index (Phi) is 3.39. The molecule has 1 heterocycles. The van der Waals surface area contributed by atoms with E-state index in [1.54, 1.807) is 72.9 Å². The van der Waals surface area contributed by atoms with Gasteiger partial charge < -0.3 is 0 Å². The molecule has 0 atom stereocenters. The lowest BCUT2D eigenvalue weighted by molar-refractivity contribution is 0.0709. The van der Waals surface area contributed by atoms with Gasteiger partial charge in [-0.3, -0.25) is 19.4 Å². The summed E-state index contributed by atoms with van der Waals surface area (Å²) in [6.07, 6.45) is 2.96. The standard InChI is InChI=1S/C21H13NO3/c23-18(14-7-2-1-3-8-14)21(15-9-6-12-22-13-15)19(24)16-10-4-5-11-17(16)20(21)25/h1-13H. The summed E-state index contributed by atoms with van der Waals surface area (Å²) in [4.78, 5) is 44.0. The van der Waals surface area contributed by atoms with Crippen LogP contribution in [-0.4, -0.2) is 22.3 Å². The molecule has 2 aromatic carbocycles. The van der Waals surface area contributed by atoms with E-state index < -0.39 is 22.8 Å². The third kappa shape index (κ3) is 2.01. The highest BCUT2D eigenvalue weighted by Crippen LogP contribution is 2.41. The summed E-state index contributed by atoms with van der Waals surface area (Å²) in [5.41, 5.74) is -0.726. The maximum Gasteiger partial charge on any atom is 0.189 e. The summed E-state index contributed by atoms with van der Waals surface area (Å²) in [6.45, 7) is 0. The molecule has 120 valence electrons. The molecule has 0 fully saturated rings. The summed E-state index contributed by atoms with van der Waals surface area (Å²) < 4.78 is 0. The first-order valence-electron chi connectivity index (χ1n) is 7.86. The molecule has 0 saturated carbocycles. The van der Waals surface area contributed by atoms with E-state index in [1.807, 2.05) is 0 Å². The van der Waals surface area contributed by atoms with Gasteiger partial charge in [0.05, 0.1) is 0 Å². The Bertz CT molecular complexity index is 959. The van der Waals surface area contributed by atoms with Crippen LogP contribution >= 0.6 is 0 Å². The molecule has 0 radical (unpaired) electrons. The number of nitrogens with zero attached hydrogens (tertiary/aromatic N) is 1. The van der Waals surface area contributed by atoms with Crippen LogP contribution in [-0.2, 0) is 5.41 Å². The molecule has 0 N–H and O–H groups in total. The van der Waals surface area contributed by atoms with Crippen molar-refractivity contribution < 1.29 is 14.4 Å². The van der Waals surface area contributed by atoms with E-state index in [0.29, 0.717) is 11.1 Å². The number of hydrogen-bond acceptors (Lipinski definition) is 4. The van der Waals surface area contributed by atoms with Crippen LogP contribution in [0.1, 0.15) is 36.6 Å². The highest BCUT2D eigenvalue weighted by molar-refractivity contribution is 6.45. The zero-order valence-corrected chi connectivity index (χ0v) is 13.2. The maximum atomic E-state index is 13.4. The molecule has 25 heavy (non-hydrogen) atoms. The average Bonchev–Trinajstić information content (AvgIpc) is 2.91. The third-order valence-electron chi connectivity index (χ3n) is 4.57. The van der Waals surface area contributed by atoms with Crippen molar-refractivity contribution in [1.82, 2.24) is 4.98 Å². The molecule has 0 unspecified atom stereocenters. The molecule has 1 aliphatic carbocycles. The molecule has 3 aromatic rings. The molecule has 1 aromatic heterocycles. The Morgan fingerprint density at radius 3 is 1.92 bits per heavy atom. The second-order valence-corrected chi connectivity index (χ2v) is 5.89. The fraction of sp³-hybridized carbons (Fsp3) is 0.0476. The van der Waals surface area contributed by atoms with Crippen LogP contribution < -0.4 is 0 Å². The van der Waals surface area contributed by atoms with Gasteiger partial charge in [-0.05, 0) is 11.6 Å². The van der Waals surface area contributed by atoms with Crippen LogP contribution in [0.25, 0.3) is 0 Å². The van der Waals surface area contributed by atoms with Crippen molar-refractivity contribution >= 4 is 17.3 Å². The lowest BCUT2D eigenvalue weighted by Crippen LogP contribution is -2.46. The molecule has 4 heteroatoms. The van der Waals surface area contributed by atoms with Crippen LogP contribution in [0.3, 0.4) is 0 Å². The van der Waals surface area contributed by atoms with E-state index in [0.717, 1.165) is 0 Å². The van der Waals surface area contributed by atoms with E-state index in [9.17, 15) is 14.4 Å². The van der Waals surface area contributed by atoms with Crippen molar-refractivity contribution in [2.45, 2.75) is 5.41 Å². The van der Waals surface area contributed by atoms with Crippen molar-refractivity contribution in [1.29, 1.82) is 0 Å². The topological polar surface area (TPSA) is 64.1 Å². The Balaban J connectivity index is 2.02. The number of carbonyl (C=O) groups excluding carboxylic acids is 3. The summed E-state index contributed by atoms with van der Waals surface area (Å²) >= 11 is 0. The second-order valence-electron chi connectivity index (χ2n) is 5.89. The van der Waals surface area contributed by atoms with Crippen molar-refractivity contribution in [2.24, 2.45) is 0 Å². The van der Waals surface area contributed by atoms with Gasteiger partial charge in [0.1, 0.15) is 0 Å². The minimum absolute atomic E-state index is 0.278. The number of aromatic nitrogens is 1. The van der Waals surface area contributed by atoms with Gasteiger partial charge in [0, 0.05) is 29.1 Å². The van der Waals surface area contributed by atoms with E-state index in [1.165, 1.54) is 6.20 Å². The van der Waals surface area contributed by atoms with Crippen molar-refractivity contribution in [3.63, 3.8) is 0 Å². The molecular formula is C21H13NO3. The molecule has 0 bridgehead atoms. The predicted molar refractivity (Wildman–Crippen MR) is 91.8 cm³/mol. The molecule has 4 nitrogen and oxygen atoms in total. The Hall–Kier alpha value is -3.40. The van der Waals surface area contributed by atoms with Crippen LogP contribution in [0.5, 0.6) is 0 Å². The van der Waals surface area contributed by atoms with E-state index in [-0.39, 0.29) is 11.1 Å². The van der Waals surface area contributed by atoms with Crippen molar-refractivity contribution in [2.75, 3.05) is 0 Å². The quantitative estimate of drug-likeness (QED) is 0.547.